The molecule has 0 fully saturated rings. The largest absolute Gasteiger partial charge is 0.370 e. The minimum absolute atomic E-state index is 0. The van der Waals surface area contributed by atoms with Crippen molar-refractivity contribution in [2.75, 3.05) is 18.4 Å². The van der Waals surface area contributed by atoms with Gasteiger partial charge in [0.05, 0.1) is 0 Å². The summed E-state index contributed by atoms with van der Waals surface area (Å²) in [5, 5.41) is 6.02. The third-order valence-electron chi connectivity index (χ3n) is 4.38. The van der Waals surface area contributed by atoms with Crippen molar-refractivity contribution >= 4 is 57.5 Å². The number of hydrogen-bond acceptors (Lipinski definition) is 2. The van der Waals surface area contributed by atoms with Crippen LogP contribution in [0.3, 0.4) is 0 Å². The molecule has 144 valence electrons. The number of guanidine groups is 1. The first-order valence-corrected chi connectivity index (χ1v) is 9.63. The fourth-order valence-electron chi connectivity index (χ4n) is 3.02. The summed E-state index contributed by atoms with van der Waals surface area (Å²) >= 11 is 3.36. The van der Waals surface area contributed by atoms with E-state index in [0.29, 0.717) is 24.6 Å². The maximum Gasteiger partial charge on any atom is 0.251 e. The summed E-state index contributed by atoms with van der Waals surface area (Å²) in [6.07, 6.45) is 4.27. The first kappa shape index (κ1) is 21.7. The highest BCUT2D eigenvalue weighted by atomic mass is 127. The Balaban J connectivity index is 0.00000261. The number of nitrogens with one attached hydrogen (secondary N) is 2. The molecule has 0 atom stereocenters. The minimum atomic E-state index is -0.0780. The molecular weight excluding hydrogens is 519 g/mol. The van der Waals surface area contributed by atoms with Gasteiger partial charge in [0.1, 0.15) is 0 Å². The van der Waals surface area contributed by atoms with E-state index in [1.54, 1.807) is 12.1 Å². The standard InChI is InChI=1S/C20H23BrN4O.HI/c21-17-8-5-15(6-9-17)19(26)23-11-2-12-24-20(22)25-18-10-7-14-3-1-4-16(14)13-18;/h5-10,13H,1-4,11-12H2,(H,23,26)(H3,22,24,25);1H. The van der Waals surface area contributed by atoms with Gasteiger partial charge >= 0.3 is 0 Å². The lowest BCUT2D eigenvalue weighted by Gasteiger charge is -2.08. The molecule has 0 aromatic heterocycles. The molecule has 7 heteroatoms. The van der Waals surface area contributed by atoms with E-state index < -0.39 is 0 Å². The lowest BCUT2D eigenvalue weighted by atomic mass is 10.1. The Hall–Kier alpha value is -1.61. The fraction of sp³-hybridized carbons (Fsp3) is 0.300. The van der Waals surface area contributed by atoms with Crippen LogP contribution in [0.2, 0.25) is 0 Å². The summed E-state index contributed by atoms with van der Waals surface area (Å²) < 4.78 is 0.953. The third kappa shape index (κ3) is 6.49. The number of aliphatic imine (C=N–C) groups is 1. The van der Waals surface area contributed by atoms with Crippen molar-refractivity contribution in [3.63, 3.8) is 0 Å². The van der Waals surface area contributed by atoms with E-state index in [2.05, 4.69) is 43.7 Å². The third-order valence-corrected chi connectivity index (χ3v) is 4.91. The zero-order chi connectivity index (χ0) is 18.4. The van der Waals surface area contributed by atoms with Crippen LogP contribution < -0.4 is 16.4 Å². The molecule has 0 saturated heterocycles. The number of halogens is 2. The van der Waals surface area contributed by atoms with E-state index >= 15 is 0 Å². The number of rotatable bonds is 6. The Morgan fingerprint density at radius 3 is 2.63 bits per heavy atom. The summed E-state index contributed by atoms with van der Waals surface area (Å²) in [4.78, 5) is 16.3. The maximum atomic E-state index is 12.0. The topological polar surface area (TPSA) is 79.5 Å². The average Bonchev–Trinajstić information content (AvgIpc) is 3.09. The smallest absolute Gasteiger partial charge is 0.251 e. The Morgan fingerprint density at radius 2 is 1.85 bits per heavy atom. The molecule has 2 aromatic carbocycles. The highest BCUT2D eigenvalue weighted by molar-refractivity contribution is 14.0. The second-order valence-electron chi connectivity index (χ2n) is 6.35. The molecule has 1 amide bonds. The number of aryl methyl sites for hydroxylation is 2. The number of amides is 1. The van der Waals surface area contributed by atoms with Crippen molar-refractivity contribution in [2.24, 2.45) is 10.7 Å². The fourth-order valence-corrected chi connectivity index (χ4v) is 3.29. The van der Waals surface area contributed by atoms with Crippen molar-refractivity contribution in [1.29, 1.82) is 0 Å². The number of hydrogen-bond donors (Lipinski definition) is 3. The van der Waals surface area contributed by atoms with Crippen LogP contribution >= 0.6 is 39.9 Å². The van der Waals surface area contributed by atoms with Crippen molar-refractivity contribution in [1.82, 2.24) is 5.32 Å². The van der Waals surface area contributed by atoms with Gasteiger partial charge in [0, 0.05) is 28.8 Å². The van der Waals surface area contributed by atoms with Gasteiger partial charge in [-0.15, -0.1) is 24.0 Å². The van der Waals surface area contributed by atoms with Crippen molar-refractivity contribution < 1.29 is 4.79 Å². The molecule has 0 radical (unpaired) electrons. The highest BCUT2D eigenvalue weighted by Gasteiger charge is 2.10. The molecule has 0 aliphatic heterocycles. The number of fused-ring (bicyclic) bond motifs is 1. The molecule has 0 heterocycles. The molecule has 0 saturated carbocycles. The first-order valence-electron chi connectivity index (χ1n) is 8.84. The van der Waals surface area contributed by atoms with Gasteiger partial charge in [-0.3, -0.25) is 9.79 Å². The van der Waals surface area contributed by atoms with E-state index in [0.717, 1.165) is 23.0 Å². The van der Waals surface area contributed by atoms with Crippen molar-refractivity contribution in [3.8, 4) is 0 Å². The van der Waals surface area contributed by atoms with Gasteiger partial charge in [0.25, 0.3) is 5.91 Å². The van der Waals surface area contributed by atoms with Crippen LogP contribution in [0.15, 0.2) is 51.9 Å². The minimum Gasteiger partial charge on any atom is -0.370 e. The van der Waals surface area contributed by atoms with Gasteiger partial charge in [-0.25, -0.2) is 0 Å². The monoisotopic (exact) mass is 542 g/mol. The van der Waals surface area contributed by atoms with Crippen LogP contribution in [0.1, 0.15) is 34.3 Å². The number of benzene rings is 2. The van der Waals surface area contributed by atoms with Crippen LogP contribution in [0.25, 0.3) is 0 Å². The summed E-state index contributed by atoms with van der Waals surface area (Å²) in [6.45, 7) is 1.12. The Bertz CT molecular complexity index is 808. The quantitative estimate of drug-likeness (QED) is 0.222. The predicted octanol–water partition coefficient (Wildman–Crippen LogP) is 4.10. The number of carbonyl (C=O) groups excluding carboxylic acids is 1. The van der Waals surface area contributed by atoms with Gasteiger partial charge in [-0.1, -0.05) is 22.0 Å². The molecule has 5 nitrogen and oxygen atoms in total. The van der Waals surface area contributed by atoms with Gasteiger partial charge in [0.15, 0.2) is 5.96 Å². The molecular formula is C20H24BrIN4O. The van der Waals surface area contributed by atoms with Crippen molar-refractivity contribution in [2.45, 2.75) is 25.7 Å². The highest BCUT2D eigenvalue weighted by Crippen LogP contribution is 2.24. The molecule has 0 unspecified atom stereocenters. The van der Waals surface area contributed by atoms with E-state index in [1.807, 2.05) is 18.2 Å². The Kier molecular flexibility index (Phi) is 8.56. The Morgan fingerprint density at radius 1 is 1.11 bits per heavy atom. The molecule has 4 N–H and O–H groups in total. The zero-order valence-electron chi connectivity index (χ0n) is 15.0. The predicted molar refractivity (Wildman–Crippen MR) is 125 cm³/mol. The van der Waals surface area contributed by atoms with Crippen molar-refractivity contribution in [3.05, 3.63) is 63.6 Å². The molecule has 0 bridgehead atoms. The maximum absolute atomic E-state index is 12.0. The number of nitrogens with zero attached hydrogens (tertiary/aromatic N) is 1. The van der Waals surface area contributed by atoms with Crippen LogP contribution in [0.4, 0.5) is 5.69 Å². The SMILES string of the molecule is I.NC(=NCCCNC(=O)c1ccc(Br)cc1)Nc1ccc2c(c1)CCC2. The van der Waals surface area contributed by atoms with Gasteiger partial charge in [-0.05, 0) is 73.2 Å². The summed E-state index contributed by atoms with van der Waals surface area (Å²) in [7, 11) is 0. The number of anilines is 1. The molecule has 1 aliphatic rings. The summed E-state index contributed by atoms with van der Waals surface area (Å²) in [5.41, 5.74) is 10.4. The molecule has 1 aliphatic carbocycles. The zero-order valence-corrected chi connectivity index (χ0v) is 18.9. The van der Waals surface area contributed by atoms with E-state index in [9.17, 15) is 4.79 Å². The normalized spacial score (nSPS) is 12.9. The van der Waals surface area contributed by atoms with Gasteiger partial charge < -0.3 is 16.4 Å². The van der Waals surface area contributed by atoms with E-state index in [4.69, 9.17) is 5.73 Å². The van der Waals surface area contributed by atoms with Gasteiger partial charge in [0.2, 0.25) is 0 Å². The van der Waals surface area contributed by atoms with E-state index in [-0.39, 0.29) is 29.9 Å². The molecule has 3 rings (SSSR count). The Labute approximate surface area is 185 Å². The van der Waals surface area contributed by atoms with Gasteiger partial charge in [-0.2, -0.15) is 0 Å². The molecule has 2 aromatic rings. The molecule has 0 spiro atoms. The lowest BCUT2D eigenvalue weighted by Crippen LogP contribution is -2.26. The summed E-state index contributed by atoms with van der Waals surface area (Å²) in [5.74, 6) is 0.327. The van der Waals surface area contributed by atoms with Crippen LogP contribution in [-0.4, -0.2) is 25.0 Å². The van der Waals surface area contributed by atoms with Crippen LogP contribution in [-0.2, 0) is 12.8 Å². The second-order valence-corrected chi connectivity index (χ2v) is 7.26. The number of carbonyl (C=O) groups is 1. The average molecular weight is 543 g/mol. The molecule has 27 heavy (non-hydrogen) atoms. The lowest BCUT2D eigenvalue weighted by molar-refractivity contribution is 0.0953. The first-order chi connectivity index (χ1) is 12.6. The van der Waals surface area contributed by atoms with Crippen LogP contribution in [0, 0.1) is 0 Å². The van der Waals surface area contributed by atoms with E-state index in [1.165, 1.54) is 24.0 Å². The number of nitrogens with two attached hydrogens (primary N) is 1. The van der Waals surface area contributed by atoms with Crippen LogP contribution in [0.5, 0.6) is 0 Å². The summed E-state index contributed by atoms with van der Waals surface area (Å²) in [6, 6.07) is 13.6. The second kappa shape index (κ2) is 10.7.